The summed E-state index contributed by atoms with van der Waals surface area (Å²) in [4.78, 5) is 24.1. The highest BCUT2D eigenvalue weighted by Gasteiger charge is 2.44. The molecule has 8 nitrogen and oxygen atoms in total. The zero-order chi connectivity index (χ0) is 27.9. The Morgan fingerprint density at radius 3 is 2.42 bits per heavy atom. The lowest BCUT2D eigenvalue weighted by atomic mass is 9.85. The molecule has 0 saturated heterocycles. The lowest BCUT2D eigenvalue weighted by Gasteiger charge is -2.26. The summed E-state index contributed by atoms with van der Waals surface area (Å²) in [5.41, 5.74) is 1.16. The van der Waals surface area contributed by atoms with E-state index in [4.69, 9.17) is 9.47 Å². The normalized spacial score (nSPS) is 22.3. The van der Waals surface area contributed by atoms with Crippen molar-refractivity contribution in [2.45, 2.75) is 96.1 Å². The highest BCUT2D eigenvalue weighted by Crippen LogP contribution is 2.40. The molecule has 4 N–H and O–H groups in total. The number of unbranched alkanes of at least 4 members (excludes halogenated alkanes) is 1. The standard InChI is InChI=1S/C30H46O8/c1-21(2)37-29(35)13-9-4-3-8-12-25-26(17-16-24(33)15-14-22-10-6-5-7-11-22)28(18-27(25)34)38-30(36)23(19-31)20-32/h3,5-8,10-11,21,23-28,31-34H,4,9,12-20H2,1-2H3/b8-3+/t24-,25+,26+,27-,28+/m0/s1. The molecule has 0 heterocycles. The van der Waals surface area contributed by atoms with Gasteiger partial charge in [-0.05, 0) is 70.3 Å². The Kier molecular flexibility index (Phi) is 14.6. The quantitative estimate of drug-likeness (QED) is 0.136. The number of hydrogen-bond donors (Lipinski definition) is 4. The zero-order valence-corrected chi connectivity index (χ0v) is 22.8. The third-order valence-corrected chi connectivity index (χ3v) is 7.17. The number of rotatable bonds is 17. The largest absolute Gasteiger partial charge is 0.463 e. The Balaban J connectivity index is 1.94. The summed E-state index contributed by atoms with van der Waals surface area (Å²) >= 11 is 0. The fourth-order valence-electron chi connectivity index (χ4n) is 5.03. The van der Waals surface area contributed by atoms with Crippen LogP contribution in [0.1, 0.15) is 70.8 Å². The molecule has 8 heteroatoms. The SMILES string of the molecule is CC(C)OC(=O)CCC/C=C/C[C@@H]1[C@@H](CC[C@@H](O)CCc2ccccc2)[C@H](OC(=O)C(CO)CO)C[C@@H]1O. The van der Waals surface area contributed by atoms with Crippen molar-refractivity contribution in [2.24, 2.45) is 17.8 Å². The van der Waals surface area contributed by atoms with Gasteiger partial charge in [-0.15, -0.1) is 0 Å². The first-order valence-corrected chi connectivity index (χ1v) is 13.9. The van der Waals surface area contributed by atoms with E-state index in [2.05, 4.69) is 0 Å². The van der Waals surface area contributed by atoms with Crippen molar-refractivity contribution < 1.29 is 39.5 Å². The highest BCUT2D eigenvalue weighted by atomic mass is 16.5. The molecule has 214 valence electrons. The van der Waals surface area contributed by atoms with E-state index in [0.717, 1.165) is 12.0 Å². The van der Waals surface area contributed by atoms with Crippen LogP contribution in [0.2, 0.25) is 0 Å². The van der Waals surface area contributed by atoms with E-state index in [1.165, 1.54) is 0 Å². The predicted octanol–water partition coefficient (Wildman–Crippen LogP) is 3.34. The van der Waals surface area contributed by atoms with Crippen molar-refractivity contribution >= 4 is 11.9 Å². The van der Waals surface area contributed by atoms with Gasteiger partial charge in [-0.3, -0.25) is 9.59 Å². The summed E-state index contributed by atoms with van der Waals surface area (Å²) in [6.45, 7) is 2.62. The maximum absolute atomic E-state index is 12.4. The van der Waals surface area contributed by atoms with E-state index in [1.54, 1.807) is 0 Å². The number of aryl methyl sites for hydroxylation is 1. The maximum atomic E-state index is 12.4. The first-order chi connectivity index (χ1) is 18.2. The molecule has 1 fully saturated rings. The number of carbonyl (C=O) groups excluding carboxylic acids is 2. The topological polar surface area (TPSA) is 134 Å². The molecule has 0 radical (unpaired) electrons. The Labute approximate surface area is 226 Å². The third kappa shape index (κ3) is 11.2. The fraction of sp³-hybridized carbons (Fsp3) is 0.667. The smallest absolute Gasteiger partial charge is 0.313 e. The van der Waals surface area contributed by atoms with Crippen LogP contribution in [0.25, 0.3) is 0 Å². The van der Waals surface area contributed by atoms with Gasteiger partial charge in [0.15, 0.2) is 0 Å². The Hall–Kier alpha value is -2.26. The van der Waals surface area contributed by atoms with E-state index < -0.39 is 43.4 Å². The van der Waals surface area contributed by atoms with Crippen molar-refractivity contribution in [3.63, 3.8) is 0 Å². The van der Waals surface area contributed by atoms with Crippen LogP contribution in [-0.4, -0.2) is 70.0 Å². The van der Waals surface area contributed by atoms with Crippen molar-refractivity contribution in [1.29, 1.82) is 0 Å². The molecule has 5 atom stereocenters. The minimum atomic E-state index is -1.01. The van der Waals surface area contributed by atoms with Crippen LogP contribution in [0.5, 0.6) is 0 Å². The van der Waals surface area contributed by atoms with Crippen molar-refractivity contribution in [2.75, 3.05) is 13.2 Å². The van der Waals surface area contributed by atoms with Gasteiger partial charge in [-0.25, -0.2) is 0 Å². The van der Waals surface area contributed by atoms with Gasteiger partial charge in [0.05, 0.1) is 31.5 Å². The number of esters is 2. The van der Waals surface area contributed by atoms with Crippen LogP contribution in [0, 0.1) is 17.8 Å². The summed E-state index contributed by atoms with van der Waals surface area (Å²) in [7, 11) is 0. The number of aliphatic hydroxyl groups is 4. The Morgan fingerprint density at radius 1 is 1.05 bits per heavy atom. The molecule has 0 unspecified atom stereocenters. The lowest BCUT2D eigenvalue weighted by molar-refractivity contribution is -0.159. The molecule has 0 aromatic heterocycles. The average molecular weight is 535 g/mol. The summed E-state index contributed by atoms with van der Waals surface area (Å²) in [5, 5.41) is 40.2. The summed E-state index contributed by atoms with van der Waals surface area (Å²) < 4.78 is 10.8. The van der Waals surface area contributed by atoms with Crippen molar-refractivity contribution in [1.82, 2.24) is 0 Å². The van der Waals surface area contributed by atoms with E-state index in [-0.39, 0.29) is 30.3 Å². The van der Waals surface area contributed by atoms with E-state index in [1.807, 2.05) is 56.3 Å². The predicted molar refractivity (Wildman–Crippen MR) is 144 cm³/mol. The first kappa shape index (κ1) is 32.0. The van der Waals surface area contributed by atoms with Crippen LogP contribution in [0.15, 0.2) is 42.5 Å². The van der Waals surface area contributed by atoms with Gasteiger partial charge in [0.1, 0.15) is 12.0 Å². The molecule has 38 heavy (non-hydrogen) atoms. The van der Waals surface area contributed by atoms with E-state index >= 15 is 0 Å². The van der Waals surface area contributed by atoms with Gasteiger partial charge >= 0.3 is 11.9 Å². The average Bonchev–Trinajstić information content (AvgIpc) is 3.17. The van der Waals surface area contributed by atoms with Gasteiger partial charge in [-0.1, -0.05) is 42.5 Å². The minimum absolute atomic E-state index is 0.122. The molecule has 0 aliphatic heterocycles. The minimum Gasteiger partial charge on any atom is -0.463 e. The Bertz CT molecular complexity index is 836. The second kappa shape index (κ2) is 17.4. The van der Waals surface area contributed by atoms with E-state index in [9.17, 15) is 30.0 Å². The third-order valence-electron chi connectivity index (χ3n) is 7.17. The molecule has 0 bridgehead atoms. The number of ether oxygens (including phenoxy) is 2. The second-order valence-electron chi connectivity index (χ2n) is 10.6. The van der Waals surface area contributed by atoms with Gasteiger partial charge < -0.3 is 29.9 Å². The number of carbonyl (C=O) groups is 2. The van der Waals surface area contributed by atoms with Gasteiger partial charge in [0.2, 0.25) is 0 Å². The van der Waals surface area contributed by atoms with Crippen molar-refractivity contribution in [3.05, 3.63) is 48.0 Å². The monoisotopic (exact) mass is 534 g/mol. The van der Waals surface area contributed by atoms with Crippen LogP contribution >= 0.6 is 0 Å². The molecule has 2 rings (SSSR count). The number of allylic oxidation sites excluding steroid dienone is 2. The van der Waals surface area contributed by atoms with Gasteiger partial charge in [0.25, 0.3) is 0 Å². The lowest BCUT2D eigenvalue weighted by Crippen LogP contribution is -2.32. The highest BCUT2D eigenvalue weighted by molar-refractivity contribution is 5.73. The molecule has 1 aromatic rings. The molecule has 1 aliphatic carbocycles. The summed E-state index contributed by atoms with van der Waals surface area (Å²) in [6, 6.07) is 9.97. The fourth-order valence-corrected chi connectivity index (χ4v) is 5.03. The second-order valence-corrected chi connectivity index (χ2v) is 10.6. The van der Waals surface area contributed by atoms with Crippen LogP contribution < -0.4 is 0 Å². The molecule has 1 aromatic carbocycles. The summed E-state index contributed by atoms with van der Waals surface area (Å²) in [5.74, 6) is -2.21. The Morgan fingerprint density at radius 2 is 1.76 bits per heavy atom. The zero-order valence-electron chi connectivity index (χ0n) is 22.8. The first-order valence-electron chi connectivity index (χ1n) is 13.9. The summed E-state index contributed by atoms with van der Waals surface area (Å²) in [6.07, 6.45) is 7.20. The molecular formula is C30H46O8. The van der Waals surface area contributed by atoms with Crippen molar-refractivity contribution in [3.8, 4) is 0 Å². The molecule has 1 aliphatic rings. The van der Waals surface area contributed by atoms with Crippen LogP contribution in [-0.2, 0) is 25.5 Å². The number of aliphatic hydroxyl groups excluding tert-OH is 4. The van der Waals surface area contributed by atoms with Crippen LogP contribution in [0.3, 0.4) is 0 Å². The number of benzene rings is 1. The molecule has 0 amide bonds. The molecular weight excluding hydrogens is 488 g/mol. The molecule has 0 spiro atoms. The van der Waals surface area contributed by atoms with Crippen LogP contribution in [0.4, 0.5) is 0 Å². The maximum Gasteiger partial charge on any atom is 0.313 e. The number of hydrogen-bond acceptors (Lipinski definition) is 8. The van der Waals surface area contributed by atoms with Gasteiger partial charge in [-0.2, -0.15) is 0 Å². The van der Waals surface area contributed by atoms with E-state index in [0.29, 0.717) is 44.9 Å². The van der Waals surface area contributed by atoms with Gasteiger partial charge in [0, 0.05) is 18.8 Å². The molecule has 1 saturated carbocycles.